The first-order valence-electron chi connectivity index (χ1n) is 5.13. The van der Waals surface area contributed by atoms with Crippen LogP contribution in [0.25, 0.3) is 0 Å². The van der Waals surface area contributed by atoms with Gasteiger partial charge < -0.3 is 9.67 Å². The molecule has 0 fully saturated rings. The van der Waals surface area contributed by atoms with E-state index < -0.39 is 21.7 Å². The number of aromatic nitrogens is 3. The molecule has 0 saturated carbocycles. The average Bonchev–Trinajstić information content (AvgIpc) is 2.99. The van der Waals surface area contributed by atoms with Gasteiger partial charge in [0.25, 0.3) is 10.0 Å². The maximum Gasteiger partial charge on any atom is 0.356 e. The van der Waals surface area contributed by atoms with E-state index in [0.717, 1.165) is 11.3 Å². The van der Waals surface area contributed by atoms with Crippen LogP contribution in [0.5, 0.6) is 0 Å². The molecule has 2 N–H and O–H groups in total. The standard InChI is InChI=1S/C9H10N4O4S2/c14-8(15)7-9(18-6-11-7)19(16,17)12-2-4-13-3-1-10-5-13/h1,3,5-6,12H,2,4H2,(H,14,15). The van der Waals surface area contributed by atoms with Crippen LogP contribution in [0.2, 0.25) is 0 Å². The highest BCUT2D eigenvalue weighted by Crippen LogP contribution is 2.19. The van der Waals surface area contributed by atoms with Crippen LogP contribution in [0.3, 0.4) is 0 Å². The van der Waals surface area contributed by atoms with E-state index in [4.69, 9.17) is 5.11 Å². The number of nitrogens with one attached hydrogen (secondary N) is 1. The van der Waals surface area contributed by atoms with Crippen molar-refractivity contribution in [3.05, 3.63) is 29.9 Å². The number of carboxylic acids is 1. The summed E-state index contributed by atoms with van der Waals surface area (Å²) in [4.78, 5) is 18.2. The molecule has 0 aliphatic rings. The van der Waals surface area contributed by atoms with Gasteiger partial charge in [0.15, 0.2) is 9.90 Å². The number of sulfonamides is 1. The Morgan fingerprint density at radius 1 is 1.53 bits per heavy atom. The summed E-state index contributed by atoms with van der Waals surface area (Å²) in [6, 6.07) is 0. The Morgan fingerprint density at radius 2 is 2.32 bits per heavy atom. The zero-order chi connectivity index (χ0) is 13.9. The molecule has 0 saturated heterocycles. The average molecular weight is 302 g/mol. The van der Waals surface area contributed by atoms with Gasteiger partial charge in [-0.05, 0) is 0 Å². The Hall–Kier alpha value is -1.78. The largest absolute Gasteiger partial charge is 0.476 e. The molecule has 2 heterocycles. The molecule has 8 nitrogen and oxygen atoms in total. The summed E-state index contributed by atoms with van der Waals surface area (Å²) < 4.78 is 27.6. The normalized spacial score (nSPS) is 11.6. The van der Waals surface area contributed by atoms with Crippen molar-refractivity contribution in [3.63, 3.8) is 0 Å². The molecule has 0 amide bonds. The summed E-state index contributed by atoms with van der Waals surface area (Å²) in [5, 5.41) is 8.83. The Labute approximate surface area is 112 Å². The fourth-order valence-electron chi connectivity index (χ4n) is 1.36. The molecule has 2 aromatic rings. The van der Waals surface area contributed by atoms with Crippen LogP contribution in [0.1, 0.15) is 10.5 Å². The second kappa shape index (κ2) is 5.47. The third kappa shape index (κ3) is 3.16. The van der Waals surface area contributed by atoms with Crippen molar-refractivity contribution in [1.29, 1.82) is 0 Å². The highest BCUT2D eigenvalue weighted by Gasteiger charge is 2.25. The van der Waals surface area contributed by atoms with Gasteiger partial charge in [-0.1, -0.05) is 0 Å². The van der Waals surface area contributed by atoms with Gasteiger partial charge in [0.1, 0.15) is 0 Å². The van der Waals surface area contributed by atoms with E-state index >= 15 is 0 Å². The second-order valence-corrected chi connectivity index (χ2v) is 6.31. The maximum absolute atomic E-state index is 11.9. The minimum atomic E-state index is -3.85. The minimum absolute atomic E-state index is 0.135. The van der Waals surface area contributed by atoms with Gasteiger partial charge >= 0.3 is 5.97 Å². The summed E-state index contributed by atoms with van der Waals surface area (Å²) in [7, 11) is -3.85. The Balaban J connectivity index is 2.06. The third-order valence-electron chi connectivity index (χ3n) is 2.20. The lowest BCUT2D eigenvalue weighted by Crippen LogP contribution is -2.27. The molecule has 0 spiro atoms. The molecular formula is C9H10N4O4S2. The summed E-state index contributed by atoms with van der Waals surface area (Å²) in [5.41, 5.74) is 0.730. The lowest BCUT2D eigenvalue weighted by molar-refractivity contribution is 0.0687. The van der Waals surface area contributed by atoms with Crippen molar-refractivity contribution in [2.24, 2.45) is 0 Å². The van der Waals surface area contributed by atoms with Crippen LogP contribution < -0.4 is 4.72 Å². The second-order valence-electron chi connectivity index (χ2n) is 3.49. The molecule has 2 aromatic heterocycles. The zero-order valence-corrected chi connectivity index (χ0v) is 11.2. The molecule has 0 unspecified atom stereocenters. The van der Waals surface area contributed by atoms with Crippen molar-refractivity contribution in [1.82, 2.24) is 19.3 Å². The fraction of sp³-hybridized carbons (Fsp3) is 0.222. The van der Waals surface area contributed by atoms with Crippen LogP contribution in [0.15, 0.2) is 28.4 Å². The van der Waals surface area contributed by atoms with E-state index in [1.54, 1.807) is 23.3 Å². The number of thiazole rings is 1. The molecule has 102 valence electrons. The monoisotopic (exact) mass is 302 g/mol. The van der Waals surface area contributed by atoms with Gasteiger partial charge in [-0.2, -0.15) is 0 Å². The zero-order valence-electron chi connectivity index (χ0n) is 9.55. The van der Waals surface area contributed by atoms with Crippen molar-refractivity contribution >= 4 is 27.3 Å². The first-order chi connectivity index (χ1) is 9.00. The predicted molar refractivity (Wildman–Crippen MR) is 66.5 cm³/mol. The summed E-state index contributed by atoms with van der Waals surface area (Å²) in [6.07, 6.45) is 4.84. The molecule has 19 heavy (non-hydrogen) atoms. The number of hydrogen-bond acceptors (Lipinski definition) is 6. The molecule has 2 rings (SSSR count). The number of hydrogen-bond donors (Lipinski definition) is 2. The SMILES string of the molecule is O=C(O)c1ncsc1S(=O)(=O)NCCn1ccnc1. The van der Waals surface area contributed by atoms with E-state index in [2.05, 4.69) is 14.7 Å². The highest BCUT2D eigenvalue weighted by molar-refractivity contribution is 7.91. The lowest BCUT2D eigenvalue weighted by Gasteiger charge is -2.05. The first kappa shape index (κ1) is 13.6. The van der Waals surface area contributed by atoms with Gasteiger partial charge in [-0.25, -0.2) is 27.9 Å². The first-order valence-corrected chi connectivity index (χ1v) is 7.49. The van der Waals surface area contributed by atoms with E-state index in [0.29, 0.717) is 6.54 Å². The van der Waals surface area contributed by atoms with Crippen molar-refractivity contribution in [3.8, 4) is 0 Å². The van der Waals surface area contributed by atoms with E-state index in [1.807, 2.05) is 0 Å². The van der Waals surface area contributed by atoms with Gasteiger partial charge in [0, 0.05) is 25.5 Å². The van der Waals surface area contributed by atoms with Crippen molar-refractivity contribution in [2.45, 2.75) is 10.8 Å². The van der Waals surface area contributed by atoms with Crippen LogP contribution >= 0.6 is 11.3 Å². The quantitative estimate of drug-likeness (QED) is 0.777. The molecule has 0 bridgehead atoms. The van der Waals surface area contributed by atoms with Crippen LogP contribution in [-0.4, -0.2) is 40.6 Å². The summed E-state index contributed by atoms with van der Waals surface area (Å²) in [5.74, 6) is -1.36. The number of imidazole rings is 1. The minimum Gasteiger partial charge on any atom is -0.476 e. The Morgan fingerprint density at radius 3 is 2.95 bits per heavy atom. The fourth-order valence-corrected chi connectivity index (χ4v) is 3.57. The summed E-state index contributed by atoms with van der Waals surface area (Å²) >= 11 is 0.771. The van der Waals surface area contributed by atoms with E-state index in [-0.39, 0.29) is 10.8 Å². The predicted octanol–water partition coefficient (Wildman–Crippen LogP) is 0.0163. The summed E-state index contributed by atoms with van der Waals surface area (Å²) in [6.45, 7) is 0.538. The molecule has 0 aromatic carbocycles. The van der Waals surface area contributed by atoms with Crippen LogP contribution in [0.4, 0.5) is 0 Å². The number of aromatic carboxylic acids is 1. The van der Waals surface area contributed by atoms with Crippen molar-refractivity contribution in [2.75, 3.05) is 6.54 Å². The molecule has 0 radical (unpaired) electrons. The van der Waals surface area contributed by atoms with Crippen LogP contribution in [0, 0.1) is 0 Å². The Bertz CT molecular complexity index is 662. The molecular weight excluding hydrogens is 292 g/mol. The number of carboxylic acid groups (broad SMARTS) is 1. The van der Waals surface area contributed by atoms with E-state index in [1.165, 1.54) is 5.51 Å². The number of rotatable bonds is 6. The maximum atomic E-state index is 11.9. The van der Waals surface area contributed by atoms with Crippen LogP contribution in [-0.2, 0) is 16.6 Å². The number of nitrogens with zero attached hydrogens (tertiary/aromatic N) is 3. The molecule has 0 aliphatic carbocycles. The van der Waals surface area contributed by atoms with Crippen molar-refractivity contribution < 1.29 is 18.3 Å². The smallest absolute Gasteiger partial charge is 0.356 e. The lowest BCUT2D eigenvalue weighted by atomic mass is 10.5. The highest BCUT2D eigenvalue weighted by atomic mass is 32.2. The molecule has 0 atom stereocenters. The van der Waals surface area contributed by atoms with Gasteiger partial charge in [-0.3, -0.25) is 0 Å². The third-order valence-corrected chi connectivity index (χ3v) is 5.03. The number of carbonyl (C=O) groups is 1. The van der Waals surface area contributed by atoms with Gasteiger partial charge in [0.05, 0.1) is 11.8 Å². The molecule has 0 aliphatic heterocycles. The topological polar surface area (TPSA) is 114 Å². The van der Waals surface area contributed by atoms with E-state index in [9.17, 15) is 13.2 Å². The Kier molecular flexibility index (Phi) is 3.93. The van der Waals surface area contributed by atoms with Gasteiger partial charge in [-0.15, -0.1) is 11.3 Å². The molecule has 10 heteroatoms. The van der Waals surface area contributed by atoms with Gasteiger partial charge in [0.2, 0.25) is 0 Å².